The molecule has 1 aromatic rings. The van der Waals surface area contributed by atoms with Crippen molar-refractivity contribution in [1.29, 1.82) is 0 Å². The number of nitrogens with zero attached hydrogens (tertiary/aromatic N) is 3. The highest BCUT2D eigenvalue weighted by molar-refractivity contribution is 4.94. The minimum atomic E-state index is 0.0137. The van der Waals surface area contributed by atoms with Crippen LogP contribution in [-0.2, 0) is 12.0 Å². The fourth-order valence-electron chi connectivity index (χ4n) is 0.889. The third-order valence-corrected chi connectivity index (χ3v) is 1.63. The Hall–Kier alpha value is -0.900. The minimum absolute atomic E-state index is 0.0137. The van der Waals surface area contributed by atoms with Gasteiger partial charge in [-0.05, 0) is 27.3 Å². The van der Waals surface area contributed by atoms with Crippen molar-refractivity contribution in [1.82, 2.24) is 15.0 Å². The largest absolute Gasteiger partial charge is 0.330 e. The molecular weight excluding hydrogens is 152 g/mol. The molecular formula is C8H16N4. The summed E-state index contributed by atoms with van der Waals surface area (Å²) in [5, 5.41) is 8.02. The second-order valence-corrected chi connectivity index (χ2v) is 3.86. The molecule has 0 saturated carbocycles. The van der Waals surface area contributed by atoms with Crippen molar-refractivity contribution in [2.24, 2.45) is 5.73 Å². The van der Waals surface area contributed by atoms with Crippen LogP contribution in [0, 0.1) is 0 Å². The van der Waals surface area contributed by atoms with Gasteiger partial charge in [0.2, 0.25) is 0 Å². The van der Waals surface area contributed by atoms with Crippen LogP contribution in [-0.4, -0.2) is 21.5 Å². The van der Waals surface area contributed by atoms with E-state index < -0.39 is 0 Å². The Balaban J connectivity index is 2.77. The van der Waals surface area contributed by atoms with E-state index >= 15 is 0 Å². The maximum atomic E-state index is 5.40. The summed E-state index contributed by atoms with van der Waals surface area (Å²) in [7, 11) is 0. The first-order chi connectivity index (χ1) is 5.54. The molecule has 0 aliphatic rings. The van der Waals surface area contributed by atoms with Crippen molar-refractivity contribution >= 4 is 0 Å². The van der Waals surface area contributed by atoms with Gasteiger partial charge in [0, 0.05) is 12.6 Å². The van der Waals surface area contributed by atoms with Gasteiger partial charge in [-0.3, -0.25) is 0 Å². The molecule has 1 heterocycles. The quantitative estimate of drug-likeness (QED) is 0.701. The van der Waals surface area contributed by atoms with Crippen LogP contribution in [0.15, 0.2) is 6.20 Å². The zero-order valence-corrected chi connectivity index (χ0v) is 7.91. The third-order valence-electron chi connectivity index (χ3n) is 1.63. The molecule has 0 atom stereocenters. The average molecular weight is 168 g/mol. The van der Waals surface area contributed by atoms with Crippen LogP contribution in [0.2, 0.25) is 0 Å². The lowest BCUT2D eigenvalue weighted by Gasteiger charge is -2.17. The van der Waals surface area contributed by atoms with Crippen molar-refractivity contribution in [2.75, 3.05) is 6.54 Å². The highest BCUT2D eigenvalue weighted by Gasteiger charge is 2.14. The standard InChI is InChI=1S/C8H16N4/c1-8(2,3)12-6-7(4-5-9)10-11-12/h6H,4-5,9H2,1-3H3. The smallest absolute Gasteiger partial charge is 0.0839 e. The van der Waals surface area contributed by atoms with E-state index in [1.807, 2.05) is 10.9 Å². The molecule has 2 N–H and O–H groups in total. The van der Waals surface area contributed by atoms with Crippen molar-refractivity contribution in [3.05, 3.63) is 11.9 Å². The monoisotopic (exact) mass is 168 g/mol. The van der Waals surface area contributed by atoms with Crippen molar-refractivity contribution in [3.8, 4) is 0 Å². The minimum Gasteiger partial charge on any atom is -0.330 e. The summed E-state index contributed by atoms with van der Waals surface area (Å²) >= 11 is 0. The van der Waals surface area contributed by atoms with Crippen LogP contribution >= 0.6 is 0 Å². The predicted octanol–water partition coefficient (Wildman–Crippen LogP) is 0.534. The van der Waals surface area contributed by atoms with E-state index in [4.69, 9.17) is 5.73 Å². The summed E-state index contributed by atoms with van der Waals surface area (Å²) < 4.78 is 1.86. The SMILES string of the molecule is CC(C)(C)n1cc(CCN)nn1. The average Bonchev–Trinajstić information content (AvgIpc) is 2.35. The third kappa shape index (κ3) is 2.04. The van der Waals surface area contributed by atoms with E-state index in [0.717, 1.165) is 12.1 Å². The first-order valence-electron chi connectivity index (χ1n) is 4.16. The molecule has 0 fully saturated rings. The van der Waals surface area contributed by atoms with Gasteiger partial charge in [-0.15, -0.1) is 5.10 Å². The lowest BCUT2D eigenvalue weighted by Crippen LogP contribution is -2.22. The zero-order chi connectivity index (χ0) is 9.19. The van der Waals surface area contributed by atoms with E-state index in [0.29, 0.717) is 6.54 Å². The molecule has 0 bridgehead atoms. The first-order valence-corrected chi connectivity index (χ1v) is 4.16. The van der Waals surface area contributed by atoms with Crippen LogP contribution in [0.25, 0.3) is 0 Å². The van der Waals surface area contributed by atoms with E-state index in [9.17, 15) is 0 Å². The molecule has 0 saturated heterocycles. The number of aromatic nitrogens is 3. The van der Waals surface area contributed by atoms with Gasteiger partial charge in [0.15, 0.2) is 0 Å². The van der Waals surface area contributed by atoms with Crippen LogP contribution in [0.5, 0.6) is 0 Å². The van der Waals surface area contributed by atoms with Crippen LogP contribution in [0.3, 0.4) is 0 Å². The summed E-state index contributed by atoms with van der Waals surface area (Å²) in [6.45, 7) is 6.90. The Kier molecular flexibility index (Phi) is 2.47. The summed E-state index contributed by atoms with van der Waals surface area (Å²) in [6, 6.07) is 0. The lowest BCUT2D eigenvalue weighted by atomic mass is 10.1. The summed E-state index contributed by atoms with van der Waals surface area (Å²) in [6.07, 6.45) is 2.75. The zero-order valence-electron chi connectivity index (χ0n) is 7.91. The topological polar surface area (TPSA) is 56.7 Å². The molecule has 4 nitrogen and oxygen atoms in total. The highest BCUT2D eigenvalue weighted by Crippen LogP contribution is 2.11. The van der Waals surface area contributed by atoms with Crippen LogP contribution < -0.4 is 5.73 Å². The van der Waals surface area contributed by atoms with E-state index in [1.54, 1.807) is 0 Å². The molecule has 0 radical (unpaired) electrons. The number of hydrogen-bond acceptors (Lipinski definition) is 3. The van der Waals surface area contributed by atoms with E-state index in [1.165, 1.54) is 0 Å². The Bertz CT molecular complexity index is 246. The Morgan fingerprint density at radius 3 is 2.58 bits per heavy atom. The van der Waals surface area contributed by atoms with Gasteiger partial charge in [-0.1, -0.05) is 5.21 Å². The van der Waals surface area contributed by atoms with Crippen molar-refractivity contribution < 1.29 is 0 Å². The number of nitrogens with two attached hydrogens (primary N) is 1. The van der Waals surface area contributed by atoms with Gasteiger partial charge in [0.1, 0.15) is 0 Å². The van der Waals surface area contributed by atoms with E-state index in [2.05, 4.69) is 31.1 Å². The lowest BCUT2D eigenvalue weighted by molar-refractivity contribution is 0.347. The molecule has 68 valence electrons. The summed E-state index contributed by atoms with van der Waals surface area (Å²) in [5.74, 6) is 0. The molecule has 0 aliphatic carbocycles. The van der Waals surface area contributed by atoms with Crippen LogP contribution in [0.4, 0.5) is 0 Å². The van der Waals surface area contributed by atoms with Crippen molar-refractivity contribution in [2.45, 2.75) is 32.7 Å². The number of hydrogen-bond donors (Lipinski definition) is 1. The molecule has 0 amide bonds. The highest BCUT2D eigenvalue weighted by atomic mass is 15.4. The molecule has 0 aromatic carbocycles. The Labute approximate surface area is 72.8 Å². The fraction of sp³-hybridized carbons (Fsp3) is 0.750. The first kappa shape index (κ1) is 9.19. The van der Waals surface area contributed by atoms with Gasteiger partial charge in [0.05, 0.1) is 11.2 Å². The van der Waals surface area contributed by atoms with Crippen molar-refractivity contribution in [3.63, 3.8) is 0 Å². The Morgan fingerprint density at radius 1 is 1.50 bits per heavy atom. The van der Waals surface area contributed by atoms with E-state index in [-0.39, 0.29) is 5.54 Å². The molecule has 12 heavy (non-hydrogen) atoms. The normalized spacial score (nSPS) is 12.0. The fourth-order valence-corrected chi connectivity index (χ4v) is 0.889. The number of rotatable bonds is 2. The molecule has 4 heteroatoms. The van der Waals surface area contributed by atoms with Gasteiger partial charge in [-0.2, -0.15) is 0 Å². The maximum Gasteiger partial charge on any atom is 0.0839 e. The summed E-state index contributed by atoms with van der Waals surface area (Å²) in [5.41, 5.74) is 6.38. The Morgan fingerprint density at radius 2 is 2.17 bits per heavy atom. The van der Waals surface area contributed by atoms with Gasteiger partial charge < -0.3 is 5.73 Å². The molecule has 0 aliphatic heterocycles. The second kappa shape index (κ2) is 3.23. The molecule has 0 spiro atoms. The molecule has 1 rings (SSSR count). The summed E-state index contributed by atoms with van der Waals surface area (Å²) in [4.78, 5) is 0. The van der Waals surface area contributed by atoms with Gasteiger partial charge >= 0.3 is 0 Å². The molecule has 1 aromatic heterocycles. The van der Waals surface area contributed by atoms with Gasteiger partial charge in [-0.25, -0.2) is 4.68 Å². The molecule has 0 unspecified atom stereocenters. The second-order valence-electron chi connectivity index (χ2n) is 3.86. The van der Waals surface area contributed by atoms with Crippen LogP contribution in [0.1, 0.15) is 26.5 Å². The van der Waals surface area contributed by atoms with Gasteiger partial charge in [0.25, 0.3) is 0 Å². The maximum absolute atomic E-state index is 5.40. The predicted molar refractivity (Wildman–Crippen MR) is 47.8 cm³/mol.